The van der Waals surface area contributed by atoms with E-state index in [1.165, 1.54) is 0 Å². The molecule has 3 N–H and O–H groups in total. The lowest BCUT2D eigenvalue weighted by molar-refractivity contribution is 0.493. The first kappa shape index (κ1) is 15.7. The molecule has 6 nitrogen and oxygen atoms in total. The monoisotopic (exact) mass is 308 g/mol. The lowest BCUT2D eigenvalue weighted by atomic mass is 10.1. The fraction of sp³-hybridized carbons (Fsp3) is 0.357. The van der Waals surface area contributed by atoms with E-state index in [0.29, 0.717) is 18.7 Å². The van der Waals surface area contributed by atoms with Gasteiger partial charge in [0.2, 0.25) is 10.0 Å². The minimum absolute atomic E-state index is 0.268. The highest BCUT2D eigenvalue weighted by molar-refractivity contribution is 7.89. The average Bonchev–Trinajstić information content (AvgIpc) is 2.90. The van der Waals surface area contributed by atoms with Crippen molar-refractivity contribution in [2.75, 3.05) is 0 Å². The van der Waals surface area contributed by atoms with Crippen LogP contribution in [0.1, 0.15) is 18.1 Å². The van der Waals surface area contributed by atoms with Crippen LogP contribution in [0, 0.1) is 6.92 Å². The van der Waals surface area contributed by atoms with E-state index in [9.17, 15) is 8.42 Å². The van der Waals surface area contributed by atoms with Crippen molar-refractivity contribution in [1.29, 1.82) is 0 Å². The molecule has 0 radical (unpaired) electrons. The summed E-state index contributed by atoms with van der Waals surface area (Å²) in [6.07, 6.45) is 3.46. The molecule has 1 unspecified atom stereocenters. The van der Waals surface area contributed by atoms with Crippen LogP contribution in [-0.2, 0) is 23.1 Å². The van der Waals surface area contributed by atoms with Gasteiger partial charge in [-0.25, -0.2) is 13.1 Å². The van der Waals surface area contributed by atoms with Crippen molar-refractivity contribution in [2.24, 2.45) is 5.73 Å². The van der Waals surface area contributed by atoms with Gasteiger partial charge in [0, 0.05) is 25.0 Å². The summed E-state index contributed by atoms with van der Waals surface area (Å²) in [5.74, 6) is 0. The van der Waals surface area contributed by atoms with Crippen LogP contribution in [0.3, 0.4) is 0 Å². The molecule has 0 aliphatic heterocycles. The van der Waals surface area contributed by atoms with Crippen molar-refractivity contribution in [3.8, 4) is 0 Å². The third-order valence-electron chi connectivity index (χ3n) is 3.28. The fourth-order valence-electron chi connectivity index (χ4n) is 2.23. The van der Waals surface area contributed by atoms with Gasteiger partial charge in [-0.3, -0.25) is 4.68 Å². The third-order valence-corrected chi connectivity index (χ3v) is 5.02. The first-order chi connectivity index (χ1) is 9.94. The topological polar surface area (TPSA) is 90.0 Å². The highest BCUT2D eigenvalue weighted by atomic mass is 32.2. The predicted molar refractivity (Wildman–Crippen MR) is 81.1 cm³/mol. The Morgan fingerprint density at radius 1 is 1.38 bits per heavy atom. The first-order valence-corrected chi connectivity index (χ1v) is 8.20. The molecule has 0 fully saturated rings. The van der Waals surface area contributed by atoms with Crippen molar-refractivity contribution in [3.05, 3.63) is 47.8 Å². The molecule has 114 valence electrons. The molecule has 0 saturated carbocycles. The Kier molecular flexibility index (Phi) is 4.76. The summed E-state index contributed by atoms with van der Waals surface area (Å²) in [4.78, 5) is 0.276. The fourth-order valence-corrected chi connectivity index (χ4v) is 3.75. The number of nitrogens with zero attached hydrogens (tertiary/aromatic N) is 2. The Balaban J connectivity index is 2.18. The summed E-state index contributed by atoms with van der Waals surface area (Å²) in [5.41, 5.74) is 7.15. The van der Waals surface area contributed by atoms with Gasteiger partial charge < -0.3 is 5.73 Å². The van der Waals surface area contributed by atoms with E-state index >= 15 is 0 Å². The standard InChI is InChI=1S/C14H20N4O2S/c1-11(10-18-8-4-7-16-18)17-21(19,20)14-6-3-5-13(9-15)12(14)2/h3-8,11,17H,9-10,15H2,1-2H3. The van der Waals surface area contributed by atoms with Crippen molar-refractivity contribution in [3.63, 3.8) is 0 Å². The van der Waals surface area contributed by atoms with Gasteiger partial charge in [-0.05, 0) is 37.1 Å². The van der Waals surface area contributed by atoms with E-state index in [-0.39, 0.29) is 10.9 Å². The number of sulfonamides is 1. The predicted octanol–water partition coefficient (Wildman–Crippen LogP) is 1.02. The second-order valence-electron chi connectivity index (χ2n) is 4.99. The number of benzene rings is 1. The Hall–Kier alpha value is -1.70. The number of rotatable bonds is 6. The van der Waals surface area contributed by atoms with Crippen molar-refractivity contribution in [1.82, 2.24) is 14.5 Å². The Morgan fingerprint density at radius 3 is 2.76 bits per heavy atom. The van der Waals surface area contributed by atoms with E-state index < -0.39 is 10.0 Å². The maximum absolute atomic E-state index is 12.5. The number of hydrogen-bond donors (Lipinski definition) is 2. The molecule has 2 rings (SSSR count). The molecule has 1 aromatic heterocycles. The van der Waals surface area contributed by atoms with E-state index in [0.717, 1.165) is 5.56 Å². The molecule has 1 atom stereocenters. The van der Waals surface area contributed by atoms with Crippen LogP contribution < -0.4 is 10.5 Å². The smallest absolute Gasteiger partial charge is 0.241 e. The van der Waals surface area contributed by atoms with E-state index in [4.69, 9.17) is 5.73 Å². The summed E-state index contributed by atoms with van der Waals surface area (Å²) in [6.45, 7) is 4.37. The Morgan fingerprint density at radius 2 is 2.14 bits per heavy atom. The average molecular weight is 308 g/mol. The van der Waals surface area contributed by atoms with Crippen LogP contribution in [0.25, 0.3) is 0 Å². The van der Waals surface area contributed by atoms with Crippen LogP contribution in [0.4, 0.5) is 0 Å². The van der Waals surface area contributed by atoms with Crippen LogP contribution in [0.15, 0.2) is 41.6 Å². The van der Waals surface area contributed by atoms with Crippen molar-refractivity contribution >= 4 is 10.0 Å². The zero-order valence-electron chi connectivity index (χ0n) is 12.2. The van der Waals surface area contributed by atoms with E-state index in [1.807, 2.05) is 6.07 Å². The van der Waals surface area contributed by atoms with E-state index in [1.54, 1.807) is 49.1 Å². The zero-order chi connectivity index (χ0) is 15.5. The minimum Gasteiger partial charge on any atom is -0.326 e. The molecule has 0 saturated heterocycles. The van der Waals surface area contributed by atoms with E-state index in [2.05, 4.69) is 9.82 Å². The molecular formula is C14H20N4O2S. The highest BCUT2D eigenvalue weighted by Gasteiger charge is 2.20. The molecule has 0 spiro atoms. The second kappa shape index (κ2) is 6.38. The number of hydrogen-bond acceptors (Lipinski definition) is 4. The molecule has 1 heterocycles. The summed E-state index contributed by atoms with van der Waals surface area (Å²) in [6, 6.07) is 6.67. The molecule has 7 heteroatoms. The summed E-state index contributed by atoms with van der Waals surface area (Å²) < 4.78 is 29.3. The summed E-state index contributed by atoms with van der Waals surface area (Å²) >= 11 is 0. The molecule has 0 aliphatic rings. The third kappa shape index (κ3) is 3.69. The Labute approximate surface area is 125 Å². The summed E-state index contributed by atoms with van der Waals surface area (Å²) in [5, 5.41) is 4.07. The van der Waals surface area contributed by atoms with Crippen molar-refractivity contribution in [2.45, 2.75) is 37.9 Å². The SMILES string of the molecule is Cc1c(CN)cccc1S(=O)(=O)NC(C)Cn1cccn1. The maximum Gasteiger partial charge on any atom is 0.241 e. The van der Waals surface area contributed by atoms with Gasteiger partial charge >= 0.3 is 0 Å². The highest BCUT2D eigenvalue weighted by Crippen LogP contribution is 2.18. The normalized spacial score (nSPS) is 13.3. The van der Waals surface area contributed by atoms with Gasteiger partial charge in [-0.1, -0.05) is 12.1 Å². The lowest BCUT2D eigenvalue weighted by Crippen LogP contribution is -2.36. The molecular weight excluding hydrogens is 288 g/mol. The van der Waals surface area contributed by atoms with Crippen LogP contribution in [0.5, 0.6) is 0 Å². The van der Waals surface area contributed by atoms with Crippen LogP contribution >= 0.6 is 0 Å². The van der Waals surface area contributed by atoms with Gasteiger partial charge in [0.15, 0.2) is 0 Å². The summed E-state index contributed by atoms with van der Waals surface area (Å²) in [7, 11) is -3.57. The molecule has 2 aromatic rings. The number of nitrogens with two attached hydrogens (primary N) is 1. The van der Waals surface area contributed by atoms with Gasteiger partial charge in [0.25, 0.3) is 0 Å². The molecule has 0 aliphatic carbocycles. The Bertz CT molecular complexity index is 696. The van der Waals surface area contributed by atoms with Gasteiger partial charge in [0.1, 0.15) is 0 Å². The molecule has 1 aromatic carbocycles. The largest absolute Gasteiger partial charge is 0.326 e. The van der Waals surface area contributed by atoms with Gasteiger partial charge in [0.05, 0.1) is 11.4 Å². The first-order valence-electron chi connectivity index (χ1n) is 6.72. The number of aromatic nitrogens is 2. The molecule has 0 amide bonds. The lowest BCUT2D eigenvalue weighted by Gasteiger charge is -2.16. The molecule has 0 bridgehead atoms. The zero-order valence-corrected chi connectivity index (χ0v) is 13.0. The van der Waals surface area contributed by atoms with Crippen LogP contribution in [0.2, 0.25) is 0 Å². The van der Waals surface area contributed by atoms with Gasteiger partial charge in [-0.15, -0.1) is 0 Å². The second-order valence-corrected chi connectivity index (χ2v) is 6.68. The van der Waals surface area contributed by atoms with Crippen LogP contribution in [-0.4, -0.2) is 24.2 Å². The molecule has 21 heavy (non-hydrogen) atoms. The maximum atomic E-state index is 12.5. The van der Waals surface area contributed by atoms with Crippen molar-refractivity contribution < 1.29 is 8.42 Å². The number of nitrogens with one attached hydrogen (secondary N) is 1. The quantitative estimate of drug-likeness (QED) is 0.833. The van der Waals surface area contributed by atoms with Gasteiger partial charge in [-0.2, -0.15) is 5.10 Å². The minimum atomic E-state index is -3.57.